The molecule has 1 fully saturated rings. The van der Waals surface area contributed by atoms with Crippen molar-refractivity contribution in [2.24, 2.45) is 17.8 Å². The molecule has 0 nitrogen and oxygen atoms in total. The van der Waals surface area contributed by atoms with Crippen LogP contribution in [-0.4, -0.2) is 0 Å². The van der Waals surface area contributed by atoms with E-state index in [9.17, 15) is 0 Å². The van der Waals surface area contributed by atoms with Crippen LogP contribution in [0.4, 0.5) is 0 Å². The Labute approximate surface area is 77.7 Å². The largest absolute Gasteiger partial charge is 0.0654 e. The Morgan fingerprint density at radius 2 is 2.08 bits per heavy atom. The first kappa shape index (κ1) is 10.1. The summed E-state index contributed by atoms with van der Waals surface area (Å²) in [4.78, 5) is 0. The number of hydrogen-bond donors (Lipinski definition) is 0. The molecule has 0 spiro atoms. The molecule has 1 aliphatic carbocycles. The first-order chi connectivity index (χ1) is 5.74. The number of rotatable bonds is 4. The van der Waals surface area contributed by atoms with E-state index >= 15 is 0 Å². The van der Waals surface area contributed by atoms with E-state index in [-0.39, 0.29) is 0 Å². The van der Waals surface area contributed by atoms with Crippen LogP contribution in [0, 0.1) is 17.8 Å². The van der Waals surface area contributed by atoms with Crippen LogP contribution in [-0.2, 0) is 0 Å². The fraction of sp³-hybridized carbons (Fsp3) is 1.00. The lowest BCUT2D eigenvalue weighted by Crippen LogP contribution is -2.08. The molecular weight excluding hydrogens is 144 g/mol. The van der Waals surface area contributed by atoms with Crippen molar-refractivity contribution >= 4 is 0 Å². The lowest BCUT2D eigenvalue weighted by Gasteiger charge is -2.19. The van der Waals surface area contributed by atoms with E-state index in [1.165, 1.54) is 38.5 Å². The van der Waals surface area contributed by atoms with Crippen molar-refractivity contribution in [2.75, 3.05) is 0 Å². The Morgan fingerprint density at radius 3 is 2.58 bits per heavy atom. The van der Waals surface area contributed by atoms with Gasteiger partial charge in [0.2, 0.25) is 0 Å². The third kappa shape index (κ3) is 2.80. The van der Waals surface area contributed by atoms with Gasteiger partial charge in [0.05, 0.1) is 0 Å². The Morgan fingerprint density at radius 1 is 1.33 bits per heavy atom. The molecule has 0 radical (unpaired) electrons. The molecule has 3 unspecified atom stereocenters. The van der Waals surface area contributed by atoms with E-state index in [2.05, 4.69) is 20.8 Å². The van der Waals surface area contributed by atoms with Crippen LogP contribution in [0.2, 0.25) is 0 Å². The second-order valence-corrected chi connectivity index (χ2v) is 4.80. The van der Waals surface area contributed by atoms with Gasteiger partial charge in [0.25, 0.3) is 0 Å². The van der Waals surface area contributed by atoms with Crippen LogP contribution in [0.15, 0.2) is 0 Å². The molecule has 0 saturated heterocycles. The molecule has 0 aromatic carbocycles. The van der Waals surface area contributed by atoms with Crippen LogP contribution < -0.4 is 0 Å². The molecule has 0 bridgehead atoms. The van der Waals surface area contributed by atoms with Crippen LogP contribution >= 0.6 is 0 Å². The average molecular weight is 168 g/mol. The van der Waals surface area contributed by atoms with Crippen molar-refractivity contribution < 1.29 is 0 Å². The van der Waals surface area contributed by atoms with Crippen molar-refractivity contribution in [3.63, 3.8) is 0 Å². The zero-order valence-corrected chi connectivity index (χ0v) is 8.97. The molecule has 1 aliphatic rings. The first-order valence-corrected chi connectivity index (χ1v) is 5.74. The molecule has 0 aromatic rings. The normalized spacial score (nSPS) is 32.2. The predicted molar refractivity (Wildman–Crippen MR) is 55.2 cm³/mol. The average Bonchev–Trinajstić information content (AvgIpc) is 2.37. The fourth-order valence-electron chi connectivity index (χ4n) is 2.70. The van der Waals surface area contributed by atoms with E-state index in [0.29, 0.717) is 0 Å². The molecule has 3 atom stereocenters. The standard InChI is InChI=1S/C12H24/c1-4-6-10(2)9-12-8-5-7-11(12)3/h10-12H,4-9H2,1-3H3. The Hall–Kier alpha value is 0. The van der Waals surface area contributed by atoms with Gasteiger partial charge in [0.1, 0.15) is 0 Å². The zero-order valence-electron chi connectivity index (χ0n) is 8.97. The van der Waals surface area contributed by atoms with Gasteiger partial charge in [-0.05, 0) is 24.2 Å². The lowest BCUT2D eigenvalue weighted by molar-refractivity contribution is 0.319. The summed E-state index contributed by atoms with van der Waals surface area (Å²) in [6.07, 6.45) is 8.78. The van der Waals surface area contributed by atoms with Crippen LogP contribution in [0.3, 0.4) is 0 Å². The summed E-state index contributed by atoms with van der Waals surface area (Å²) in [5.74, 6) is 3.05. The van der Waals surface area contributed by atoms with Gasteiger partial charge in [-0.15, -0.1) is 0 Å². The number of hydrogen-bond acceptors (Lipinski definition) is 0. The molecular formula is C12H24. The summed E-state index contributed by atoms with van der Waals surface area (Å²) in [6.45, 7) is 7.17. The van der Waals surface area contributed by atoms with Gasteiger partial charge in [-0.2, -0.15) is 0 Å². The highest BCUT2D eigenvalue weighted by molar-refractivity contribution is 4.75. The van der Waals surface area contributed by atoms with Crippen LogP contribution in [0.25, 0.3) is 0 Å². The summed E-state index contributed by atoms with van der Waals surface area (Å²) in [5.41, 5.74) is 0. The maximum Gasteiger partial charge on any atom is -0.0386 e. The molecule has 0 aromatic heterocycles. The van der Waals surface area contributed by atoms with Crippen molar-refractivity contribution in [1.29, 1.82) is 0 Å². The zero-order chi connectivity index (χ0) is 8.97. The second kappa shape index (κ2) is 4.89. The van der Waals surface area contributed by atoms with Crippen LogP contribution in [0.1, 0.15) is 59.3 Å². The van der Waals surface area contributed by atoms with Crippen molar-refractivity contribution in [3.05, 3.63) is 0 Å². The third-order valence-electron chi connectivity index (χ3n) is 3.53. The highest BCUT2D eigenvalue weighted by Crippen LogP contribution is 2.36. The highest BCUT2D eigenvalue weighted by Gasteiger charge is 2.24. The smallest absolute Gasteiger partial charge is 0.0386 e. The van der Waals surface area contributed by atoms with E-state index < -0.39 is 0 Å². The van der Waals surface area contributed by atoms with Gasteiger partial charge in [-0.3, -0.25) is 0 Å². The van der Waals surface area contributed by atoms with E-state index in [0.717, 1.165) is 17.8 Å². The summed E-state index contributed by atoms with van der Waals surface area (Å²) in [7, 11) is 0. The highest BCUT2D eigenvalue weighted by atomic mass is 14.3. The molecule has 72 valence electrons. The van der Waals surface area contributed by atoms with Crippen LogP contribution in [0.5, 0.6) is 0 Å². The van der Waals surface area contributed by atoms with Gasteiger partial charge >= 0.3 is 0 Å². The van der Waals surface area contributed by atoms with Crippen molar-refractivity contribution in [2.45, 2.75) is 59.3 Å². The van der Waals surface area contributed by atoms with E-state index in [4.69, 9.17) is 0 Å². The fourth-order valence-corrected chi connectivity index (χ4v) is 2.70. The summed E-state index contributed by atoms with van der Waals surface area (Å²) in [6, 6.07) is 0. The topological polar surface area (TPSA) is 0 Å². The van der Waals surface area contributed by atoms with Crippen molar-refractivity contribution in [3.8, 4) is 0 Å². The minimum Gasteiger partial charge on any atom is -0.0654 e. The summed E-state index contributed by atoms with van der Waals surface area (Å²) < 4.78 is 0. The van der Waals surface area contributed by atoms with Crippen molar-refractivity contribution in [1.82, 2.24) is 0 Å². The summed E-state index contributed by atoms with van der Waals surface area (Å²) in [5, 5.41) is 0. The lowest BCUT2D eigenvalue weighted by atomic mass is 9.87. The molecule has 12 heavy (non-hydrogen) atoms. The maximum absolute atomic E-state index is 2.44. The van der Waals surface area contributed by atoms with Gasteiger partial charge in [0.15, 0.2) is 0 Å². The molecule has 1 saturated carbocycles. The van der Waals surface area contributed by atoms with Gasteiger partial charge in [0, 0.05) is 0 Å². The maximum atomic E-state index is 2.44. The molecule has 0 heterocycles. The van der Waals surface area contributed by atoms with E-state index in [1.54, 1.807) is 0 Å². The minimum atomic E-state index is 0.973. The Kier molecular flexibility index (Phi) is 4.11. The minimum absolute atomic E-state index is 0.973. The second-order valence-electron chi connectivity index (χ2n) is 4.80. The van der Waals surface area contributed by atoms with E-state index in [1.807, 2.05) is 0 Å². The molecule has 0 aliphatic heterocycles. The van der Waals surface area contributed by atoms with Gasteiger partial charge in [-0.25, -0.2) is 0 Å². The Balaban J connectivity index is 2.20. The molecule has 1 rings (SSSR count). The van der Waals surface area contributed by atoms with Gasteiger partial charge < -0.3 is 0 Å². The first-order valence-electron chi connectivity index (χ1n) is 5.74. The quantitative estimate of drug-likeness (QED) is 0.588. The molecule has 0 heteroatoms. The van der Waals surface area contributed by atoms with Gasteiger partial charge in [-0.1, -0.05) is 52.9 Å². The molecule has 0 amide bonds. The SMILES string of the molecule is CCCC(C)CC1CCCC1C. The third-order valence-corrected chi connectivity index (χ3v) is 3.53. The molecule has 0 N–H and O–H groups in total. The predicted octanol–water partition coefficient (Wildman–Crippen LogP) is 4.25. The monoisotopic (exact) mass is 168 g/mol. The summed E-state index contributed by atoms with van der Waals surface area (Å²) >= 11 is 0. The Bertz CT molecular complexity index is 117.